The summed E-state index contributed by atoms with van der Waals surface area (Å²) in [6.45, 7) is 5.77. The lowest BCUT2D eigenvalue weighted by atomic mass is 9.84. The Morgan fingerprint density at radius 3 is 2.54 bits per heavy atom. The van der Waals surface area contributed by atoms with E-state index in [2.05, 4.69) is 31.5 Å². The Morgan fingerprint density at radius 2 is 1.80 bits per heavy atom. The maximum Gasteiger partial charge on any atom is 0.251 e. The molecule has 0 radical (unpaired) electrons. The number of aromatic nitrogens is 1. The second-order valence-corrected chi connectivity index (χ2v) is 11.5. The number of rotatable bonds is 11. The third-order valence-corrected chi connectivity index (χ3v) is 8.61. The summed E-state index contributed by atoms with van der Waals surface area (Å²) in [6, 6.07) is 9.05. The molecule has 2 amide bonds. The summed E-state index contributed by atoms with van der Waals surface area (Å²) >= 11 is 0. The lowest BCUT2D eigenvalue weighted by Gasteiger charge is -2.37. The highest BCUT2D eigenvalue weighted by Crippen LogP contribution is 2.34. The second-order valence-electron chi connectivity index (χ2n) is 11.5. The van der Waals surface area contributed by atoms with Crippen LogP contribution in [-0.4, -0.2) is 90.0 Å². The summed E-state index contributed by atoms with van der Waals surface area (Å²) in [7, 11) is 0. The van der Waals surface area contributed by atoms with Crippen LogP contribution in [0.4, 0.5) is 11.5 Å². The number of carbonyl (C=O) groups excluding carboxylic acids is 2. The highest BCUT2D eigenvalue weighted by Gasteiger charge is 2.27. The average molecular weight is 566 g/mol. The van der Waals surface area contributed by atoms with Crippen molar-refractivity contribution in [3.05, 3.63) is 47.7 Å². The van der Waals surface area contributed by atoms with Crippen LogP contribution in [0.5, 0.6) is 5.75 Å². The predicted molar refractivity (Wildman–Crippen MR) is 157 cm³/mol. The monoisotopic (exact) mass is 565 g/mol. The van der Waals surface area contributed by atoms with E-state index >= 15 is 0 Å². The smallest absolute Gasteiger partial charge is 0.251 e. The number of benzene rings is 1. The molecule has 0 unspecified atom stereocenters. The van der Waals surface area contributed by atoms with Crippen molar-refractivity contribution in [1.29, 1.82) is 0 Å². The van der Waals surface area contributed by atoms with Crippen LogP contribution in [0.25, 0.3) is 0 Å². The molecule has 222 valence electrons. The molecule has 1 aliphatic carbocycles. The van der Waals surface area contributed by atoms with Crippen LogP contribution in [0.3, 0.4) is 0 Å². The fraction of sp³-hybridized carbons (Fsp3) is 0.581. The zero-order chi connectivity index (χ0) is 28.6. The Labute approximate surface area is 242 Å². The molecular weight excluding hydrogens is 522 g/mol. The van der Waals surface area contributed by atoms with Gasteiger partial charge in [-0.05, 0) is 81.3 Å². The number of nitrogens with zero attached hydrogens (tertiary/aromatic N) is 3. The van der Waals surface area contributed by atoms with Crippen LogP contribution in [0.15, 0.2) is 36.5 Å². The molecule has 3 aliphatic rings. The molecule has 2 aliphatic heterocycles. The predicted octanol–water partition coefficient (Wildman–Crippen LogP) is 2.59. The second kappa shape index (κ2) is 14.1. The first-order chi connectivity index (χ1) is 20.0. The summed E-state index contributed by atoms with van der Waals surface area (Å²) in [5.74, 6) is 2.27. The zero-order valence-corrected chi connectivity index (χ0v) is 23.8. The standard InChI is InChI=1S/C31H43N5O5/c37-19-11-27(38)21-28(39)33-25-7-3-24(4-8-25)31(40)34-26-5-1-22(2-6-26)10-14-35-15-17-36(18-16-35)30-29-23(9-13-32-30)12-20-41-29/h3-4,7-9,13,22,26-27,37-38H,1-2,5-6,10-12,14-21H2,(H,33,39)(H,34,40)/t22?,26?,27-/m0/s1. The van der Waals surface area contributed by atoms with E-state index in [1.54, 1.807) is 24.3 Å². The Balaban J connectivity index is 0.981. The highest BCUT2D eigenvalue weighted by atomic mass is 16.5. The van der Waals surface area contributed by atoms with Gasteiger partial charge in [0.15, 0.2) is 11.6 Å². The normalized spacial score (nSPS) is 21.6. The Hall–Kier alpha value is -3.21. The van der Waals surface area contributed by atoms with Crippen LogP contribution in [-0.2, 0) is 11.2 Å². The summed E-state index contributed by atoms with van der Waals surface area (Å²) < 4.78 is 5.86. The maximum atomic E-state index is 12.8. The van der Waals surface area contributed by atoms with Gasteiger partial charge in [-0.2, -0.15) is 0 Å². The molecule has 41 heavy (non-hydrogen) atoms. The van der Waals surface area contributed by atoms with Crippen LogP contribution in [0.2, 0.25) is 0 Å². The number of amides is 2. The van der Waals surface area contributed by atoms with Gasteiger partial charge in [0.2, 0.25) is 5.91 Å². The molecule has 1 saturated carbocycles. The number of ether oxygens (including phenoxy) is 1. The SMILES string of the molecule is O=C(C[C@@H](O)CCO)Nc1ccc(C(=O)NC2CCC(CCN3CCN(c4nccc5c4OCC5)CC3)CC2)cc1. The van der Waals surface area contributed by atoms with E-state index in [1.807, 2.05) is 6.20 Å². The summed E-state index contributed by atoms with van der Waals surface area (Å²) in [6.07, 6.45) is 7.57. The van der Waals surface area contributed by atoms with Crippen molar-refractivity contribution in [1.82, 2.24) is 15.2 Å². The molecule has 0 bridgehead atoms. The Morgan fingerprint density at radius 1 is 1.05 bits per heavy atom. The van der Waals surface area contributed by atoms with Crippen molar-refractivity contribution in [2.45, 2.75) is 63.5 Å². The van der Waals surface area contributed by atoms with E-state index in [0.29, 0.717) is 17.2 Å². The van der Waals surface area contributed by atoms with Gasteiger partial charge in [-0.15, -0.1) is 0 Å². The highest BCUT2D eigenvalue weighted by molar-refractivity contribution is 5.96. The third kappa shape index (κ3) is 7.96. The molecule has 10 nitrogen and oxygen atoms in total. The summed E-state index contributed by atoms with van der Waals surface area (Å²) in [5.41, 5.74) is 2.40. The van der Waals surface area contributed by atoms with Crippen molar-refractivity contribution in [3.8, 4) is 5.75 Å². The summed E-state index contributed by atoms with van der Waals surface area (Å²) in [5, 5.41) is 24.4. The minimum absolute atomic E-state index is 0.0780. The number of anilines is 2. The number of nitrogens with one attached hydrogen (secondary N) is 2. The van der Waals surface area contributed by atoms with Gasteiger partial charge in [0.05, 0.1) is 19.1 Å². The number of carbonyl (C=O) groups is 2. The minimum Gasteiger partial charge on any atom is -0.489 e. The van der Waals surface area contributed by atoms with Crippen LogP contribution >= 0.6 is 0 Å². The maximum absolute atomic E-state index is 12.8. The van der Waals surface area contributed by atoms with E-state index < -0.39 is 6.10 Å². The molecule has 2 fully saturated rings. The first-order valence-corrected chi connectivity index (χ1v) is 15.1. The van der Waals surface area contributed by atoms with Gasteiger partial charge in [0, 0.05) is 68.3 Å². The summed E-state index contributed by atoms with van der Waals surface area (Å²) in [4.78, 5) is 34.3. The number of hydrogen-bond acceptors (Lipinski definition) is 8. The van der Waals surface area contributed by atoms with Crippen molar-refractivity contribution in [2.24, 2.45) is 5.92 Å². The Bertz CT molecular complexity index is 1160. The van der Waals surface area contributed by atoms with Gasteiger partial charge in [0.25, 0.3) is 5.91 Å². The van der Waals surface area contributed by atoms with Crippen molar-refractivity contribution in [2.75, 3.05) is 56.2 Å². The molecule has 1 saturated heterocycles. The van der Waals surface area contributed by atoms with Crippen molar-refractivity contribution in [3.63, 3.8) is 0 Å². The van der Waals surface area contributed by atoms with E-state index in [4.69, 9.17) is 9.84 Å². The van der Waals surface area contributed by atoms with Crippen LogP contribution in [0, 0.1) is 5.92 Å². The van der Waals surface area contributed by atoms with E-state index in [9.17, 15) is 14.7 Å². The van der Waals surface area contributed by atoms with Gasteiger partial charge in [-0.1, -0.05) is 0 Å². The molecule has 5 rings (SSSR count). The van der Waals surface area contributed by atoms with Gasteiger partial charge in [-0.3, -0.25) is 14.5 Å². The Kier molecular flexibility index (Phi) is 10.1. The molecule has 1 aromatic heterocycles. The van der Waals surface area contributed by atoms with Gasteiger partial charge in [-0.25, -0.2) is 4.98 Å². The topological polar surface area (TPSA) is 127 Å². The van der Waals surface area contributed by atoms with Crippen molar-refractivity contribution >= 4 is 23.3 Å². The van der Waals surface area contributed by atoms with E-state index in [-0.39, 0.29) is 37.3 Å². The van der Waals surface area contributed by atoms with Gasteiger partial charge in [0.1, 0.15) is 0 Å². The van der Waals surface area contributed by atoms with Crippen LogP contribution in [0.1, 0.15) is 60.9 Å². The molecule has 10 heteroatoms. The number of fused-ring (bicyclic) bond motifs is 1. The molecule has 1 aromatic carbocycles. The first-order valence-electron chi connectivity index (χ1n) is 15.1. The molecule has 2 aromatic rings. The first kappa shape index (κ1) is 29.3. The third-order valence-electron chi connectivity index (χ3n) is 8.61. The number of aliphatic hydroxyl groups is 2. The lowest BCUT2D eigenvalue weighted by molar-refractivity contribution is -0.118. The molecule has 1 atom stereocenters. The van der Waals surface area contributed by atoms with Crippen LogP contribution < -0.4 is 20.3 Å². The quantitative estimate of drug-likeness (QED) is 0.328. The average Bonchev–Trinajstić information content (AvgIpc) is 3.47. The van der Waals surface area contributed by atoms with Crippen molar-refractivity contribution < 1.29 is 24.5 Å². The number of piperazine rings is 1. The molecule has 0 spiro atoms. The number of pyridine rings is 1. The van der Waals surface area contributed by atoms with E-state index in [1.165, 1.54) is 12.0 Å². The number of hydrogen-bond donors (Lipinski definition) is 4. The minimum atomic E-state index is -0.870. The number of aliphatic hydroxyl groups excluding tert-OH is 2. The lowest BCUT2D eigenvalue weighted by Crippen LogP contribution is -2.47. The van der Waals surface area contributed by atoms with Gasteiger partial charge >= 0.3 is 0 Å². The van der Waals surface area contributed by atoms with E-state index in [0.717, 1.165) is 83.0 Å². The fourth-order valence-electron chi connectivity index (χ4n) is 6.11. The molecule has 4 N–H and O–H groups in total. The fourth-order valence-corrected chi connectivity index (χ4v) is 6.11. The molecule has 3 heterocycles. The largest absolute Gasteiger partial charge is 0.489 e. The zero-order valence-electron chi connectivity index (χ0n) is 23.8. The molecular formula is C31H43N5O5. The van der Waals surface area contributed by atoms with Gasteiger partial charge < -0.3 is 30.5 Å².